The average Bonchev–Trinajstić information content (AvgIpc) is 2.73. The van der Waals surface area contributed by atoms with E-state index in [1.54, 1.807) is 0 Å². The van der Waals surface area contributed by atoms with Gasteiger partial charge in [0.1, 0.15) is 11.6 Å². The Morgan fingerprint density at radius 2 is 1.90 bits per heavy atom. The normalized spacial score (nSPS) is 31.5. The van der Waals surface area contributed by atoms with Crippen molar-refractivity contribution >= 4 is 0 Å². The van der Waals surface area contributed by atoms with Crippen molar-refractivity contribution in [2.45, 2.75) is 38.1 Å². The maximum Gasteiger partial charge on any atom is 0.130 e. The minimum absolute atomic E-state index is 0.145. The highest BCUT2D eigenvalue weighted by Crippen LogP contribution is 2.27. The van der Waals surface area contributed by atoms with Crippen LogP contribution in [-0.4, -0.2) is 52.7 Å². The van der Waals surface area contributed by atoms with E-state index < -0.39 is 11.6 Å². The summed E-state index contributed by atoms with van der Waals surface area (Å²) in [6, 6.07) is 4.53. The average molecular weight is 282 g/mol. The van der Waals surface area contributed by atoms with Crippen LogP contribution in [0.1, 0.15) is 18.9 Å². The molecule has 0 aromatic heterocycles. The van der Waals surface area contributed by atoms with Gasteiger partial charge >= 0.3 is 0 Å². The molecule has 2 saturated heterocycles. The van der Waals surface area contributed by atoms with Gasteiger partial charge in [-0.05, 0) is 25.5 Å². The summed E-state index contributed by atoms with van der Waals surface area (Å²) < 4.78 is 27.5. The zero-order valence-electron chi connectivity index (χ0n) is 11.6. The highest BCUT2D eigenvalue weighted by atomic mass is 19.1. The van der Waals surface area contributed by atoms with E-state index in [1.807, 2.05) is 0 Å². The Hall–Kier alpha value is -1.04. The molecule has 0 spiro atoms. The zero-order chi connectivity index (χ0) is 14.3. The first-order valence-corrected chi connectivity index (χ1v) is 7.13. The van der Waals surface area contributed by atoms with Gasteiger partial charge in [0.05, 0.1) is 6.10 Å². The van der Waals surface area contributed by atoms with Crippen LogP contribution in [0.3, 0.4) is 0 Å². The van der Waals surface area contributed by atoms with E-state index in [2.05, 4.69) is 16.7 Å². The van der Waals surface area contributed by atoms with Crippen LogP contribution in [0.2, 0.25) is 0 Å². The molecule has 3 rings (SSSR count). The first-order valence-electron chi connectivity index (χ1n) is 7.13. The lowest BCUT2D eigenvalue weighted by molar-refractivity contribution is 0.0514. The fraction of sp³-hybridized carbons (Fsp3) is 0.600. The van der Waals surface area contributed by atoms with Gasteiger partial charge in [0.15, 0.2) is 0 Å². The maximum atomic E-state index is 13.7. The predicted molar refractivity (Wildman–Crippen MR) is 72.2 cm³/mol. The SMILES string of the molecule is C[C@H]1CN2C[C@H](O)CC2CN1Cc1c(F)cccc1F. The second-order valence-electron chi connectivity index (χ2n) is 5.98. The van der Waals surface area contributed by atoms with Gasteiger partial charge in [0.2, 0.25) is 0 Å². The minimum atomic E-state index is -0.480. The van der Waals surface area contributed by atoms with Crippen LogP contribution in [0.4, 0.5) is 8.78 Å². The fourth-order valence-electron chi connectivity index (χ4n) is 3.38. The van der Waals surface area contributed by atoms with Gasteiger partial charge in [-0.15, -0.1) is 0 Å². The number of hydrogen-bond donors (Lipinski definition) is 1. The van der Waals surface area contributed by atoms with E-state index in [9.17, 15) is 13.9 Å². The Labute approximate surface area is 117 Å². The molecular weight excluding hydrogens is 262 g/mol. The molecule has 20 heavy (non-hydrogen) atoms. The van der Waals surface area contributed by atoms with Gasteiger partial charge in [-0.25, -0.2) is 8.78 Å². The third-order valence-corrected chi connectivity index (χ3v) is 4.50. The van der Waals surface area contributed by atoms with Crippen molar-refractivity contribution in [1.29, 1.82) is 0 Å². The molecule has 5 heteroatoms. The number of aliphatic hydroxyl groups is 1. The van der Waals surface area contributed by atoms with Crippen molar-refractivity contribution in [2.75, 3.05) is 19.6 Å². The molecule has 1 unspecified atom stereocenters. The first-order chi connectivity index (χ1) is 9.54. The summed E-state index contributed by atoms with van der Waals surface area (Å²) in [6.07, 6.45) is 0.487. The summed E-state index contributed by atoms with van der Waals surface area (Å²) >= 11 is 0. The second-order valence-corrected chi connectivity index (χ2v) is 5.98. The van der Waals surface area contributed by atoms with Crippen LogP contribution >= 0.6 is 0 Å². The van der Waals surface area contributed by atoms with Crippen molar-refractivity contribution in [2.24, 2.45) is 0 Å². The number of rotatable bonds is 2. The first kappa shape index (κ1) is 13.9. The van der Waals surface area contributed by atoms with E-state index in [0.717, 1.165) is 26.1 Å². The van der Waals surface area contributed by atoms with Crippen LogP contribution in [0.15, 0.2) is 18.2 Å². The topological polar surface area (TPSA) is 26.7 Å². The molecule has 110 valence electrons. The molecule has 0 aliphatic carbocycles. The van der Waals surface area contributed by atoms with Gasteiger partial charge in [-0.2, -0.15) is 0 Å². The Morgan fingerprint density at radius 1 is 1.20 bits per heavy atom. The van der Waals surface area contributed by atoms with Gasteiger partial charge < -0.3 is 5.11 Å². The maximum absolute atomic E-state index is 13.7. The standard InChI is InChI=1S/C15H20F2N2O/c1-10-6-19-8-12(20)5-11(19)7-18(10)9-13-14(16)3-2-4-15(13)17/h2-4,10-12,20H,5-9H2,1H3/t10-,11?,12+/m0/s1. The summed E-state index contributed by atoms with van der Waals surface area (Å²) in [4.78, 5) is 4.39. The largest absolute Gasteiger partial charge is 0.392 e. The molecule has 1 aromatic rings. The number of nitrogens with zero attached hydrogens (tertiary/aromatic N) is 2. The molecule has 2 heterocycles. The zero-order valence-corrected chi connectivity index (χ0v) is 11.6. The number of halogens is 2. The molecule has 0 amide bonds. The highest BCUT2D eigenvalue weighted by molar-refractivity contribution is 5.20. The third-order valence-electron chi connectivity index (χ3n) is 4.50. The summed E-state index contributed by atoms with van der Waals surface area (Å²) in [7, 11) is 0. The second kappa shape index (κ2) is 5.39. The predicted octanol–water partition coefficient (Wildman–Crippen LogP) is 1.60. The minimum Gasteiger partial charge on any atom is -0.392 e. The smallest absolute Gasteiger partial charge is 0.130 e. The summed E-state index contributed by atoms with van der Waals surface area (Å²) in [6.45, 7) is 4.68. The fourth-order valence-corrected chi connectivity index (χ4v) is 3.38. The Morgan fingerprint density at radius 3 is 2.60 bits per heavy atom. The molecule has 1 aromatic carbocycles. The Bertz CT molecular complexity index is 477. The van der Waals surface area contributed by atoms with Crippen molar-refractivity contribution in [3.05, 3.63) is 35.4 Å². The lowest BCUT2D eigenvalue weighted by atomic mass is 10.1. The van der Waals surface area contributed by atoms with Crippen LogP contribution in [0.25, 0.3) is 0 Å². The van der Waals surface area contributed by atoms with E-state index in [4.69, 9.17) is 0 Å². The molecule has 1 N–H and O–H groups in total. The van der Waals surface area contributed by atoms with E-state index in [0.29, 0.717) is 12.6 Å². The van der Waals surface area contributed by atoms with Crippen LogP contribution in [0, 0.1) is 11.6 Å². The number of hydrogen-bond acceptors (Lipinski definition) is 3. The van der Waals surface area contributed by atoms with Crippen LogP contribution < -0.4 is 0 Å². The molecule has 0 bridgehead atoms. The summed E-state index contributed by atoms with van der Waals surface area (Å²) in [5, 5.41) is 9.73. The van der Waals surface area contributed by atoms with Crippen LogP contribution in [-0.2, 0) is 6.54 Å². The van der Waals surface area contributed by atoms with E-state index in [-0.39, 0.29) is 17.7 Å². The van der Waals surface area contributed by atoms with E-state index in [1.165, 1.54) is 18.2 Å². The monoisotopic (exact) mass is 282 g/mol. The number of aliphatic hydroxyl groups excluding tert-OH is 1. The number of fused-ring (bicyclic) bond motifs is 1. The molecule has 0 saturated carbocycles. The van der Waals surface area contributed by atoms with Gasteiger partial charge in [0.25, 0.3) is 0 Å². The van der Waals surface area contributed by atoms with Gasteiger partial charge in [-0.1, -0.05) is 6.07 Å². The number of benzene rings is 1. The molecule has 3 atom stereocenters. The Balaban J connectivity index is 1.74. The third kappa shape index (κ3) is 2.57. The van der Waals surface area contributed by atoms with Gasteiger partial charge in [-0.3, -0.25) is 9.80 Å². The van der Waals surface area contributed by atoms with Gasteiger partial charge in [0, 0.05) is 43.8 Å². The van der Waals surface area contributed by atoms with E-state index >= 15 is 0 Å². The van der Waals surface area contributed by atoms with Crippen molar-refractivity contribution in [3.8, 4) is 0 Å². The summed E-state index contributed by atoms with van der Waals surface area (Å²) in [5.41, 5.74) is 0.145. The molecule has 2 fully saturated rings. The molecule has 2 aliphatic heterocycles. The van der Waals surface area contributed by atoms with Crippen molar-refractivity contribution in [3.63, 3.8) is 0 Å². The van der Waals surface area contributed by atoms with Crippen molar-refractivity contribution < 1.29 is 13.9 Å². The lowest BCUT2D eigenvalue weighted by Crippen LogP contribution is -2.54. The number of piperazine rings is 1. The lowest BCUT2D eigenvalue weighted by Gasteiger charge is -2.42. The van der Waals surface area contributed by atoms with Crippen LogP contribution in [0.5, 0.6) is 0 Å². The summed E-state index contributed by atoms with van der Waals surface area (Å²) in [5.74, 6) is -0.961. The molecular formula is C15H20F2N2O. The molecule has 0 radical (unpaired) electrons. The highest BCUT2D eigenvalue weighted by Gasteiger charge is 2.38. The molecule has 2 aliphatic rings. The molecule has 3 nitrogen and oxygen atoms in total. The quantitative estimate of drug-likeness (QED) is 0.892. The Kier molecular flexibility index (Phi) is 3.75. The van der Waals surface area contributed by atoms with Crippen molar-refractivity contribution in [1.82, 2.24) is 9.80 Å².